The summed E-state index contributed by atoms with van der Waals surface area (Å²) in [6.45, 7) is 0. The summed E-state index contributed by atoms with van der Waals surface area (Å²) in [5.41, 5.74) is 9.10. The summed E-state index contributed by atoms with van der Waals surface area (Å²) >= 11 is 0. The molecule has 1 aliphatic rings. The number of nitrogen functional groups attached to an aromatic ring is 1. The predicted molar refractivity (Wildman–Crippen MR) is 114 cm³/mol. The maximum absolute atomic E-state index is 13.2. The van der Waals surface area contributed by atoms with E-state index in [4.69, 9.17) is 5.73 Å². The van der Waals surface area contributed by atoms with Crippen LogP contribution in [-0.4, -0.2) is 24.6 Å². The van der Waals surface area contributed by atoms with Crippen LogP contribution >= 0.6 is 0 Å². The molecule has 7 nitrogen and oxygen atoms in total. The summed E-state index contributed by atoms with van der Waals surface area (Å²) in [4.78, 5) is 12.8. The molecule has 4 rings (SSSR count). The van der Waals surface area contributed by atoms with E-state index in [1.54, 1.807) is 30.3 Å². The number of carbonyl (C=O) groups excluding carboxylic acids is 1. The van der Waals surface area contributed by atoms with Gasteiger partial charge >= 0.3 is 51.4 Å². The summed E-state index contributed by atoms with van der Waals surface area (Å²) in [5.74, 6) is -0.372. The van der Waals surface area contributed by atoms with Crippen molar-refractivity contribution in [1.29, 1.82) is 0 Å². The first-order valence-electron chi connectivity index (χ1n) is 8.95. The van der Waals surface area contributed by atoms with Gasteiger partial charge in [-0.3, -0.25) is 4.79 Å². The van der Waals surface area contributed by atoms with E-state index in [9.17, 15) is 17.8 Å². The number of rotatable bonds is 4. The second kappa shape index (κ2) is 9.57. The molecule has 0 saturated carbocycles. The molecule has 0 radical (unpaired) electrons. The number of benzene rings is 3. The normalized spacial score (nSPS) is 15.0. The fourth-order valence-corrected chi connectivity index (χ4v) is 3.51. The molecule has 3 aromatic rings. The Labute approximate surface area is 222 Å². The average molecular weight is 458 g/mol. The van der Waals surface area contributed by atoms with Gasteiger partial charge in [0.1, 0.15) is 15.8 Å². The number of nitrogens with two attached hydrogens (primary N) is 1. The van der Waals surface area contributed by atoms with Gasteiger partial charge in [0.25, 0.3) is 5.91 Å². The van der Waals surface area contributed by atoms with Crippen LogP contribution in [0.3, 0.4) is 0 Å². The molecule has 0 aromatic heterocycles. The van der Waals surface area contributed by atoms with Crippen molar-refractivity contribution in [3.8, 4) is 0 Å². The van der Waals surface area contributed by atoms with Gasteiger partial charge in [0, 0.05) is 11.3 Å². The van der Waals surface area contributed by atoms with Gasteiger partial charge in [0.05, 0.1) is 16.2 Å². The van der Waals surface area contributed by atoms with E-state index in [1.807, 2.05) is 30.3 Å². The Balaban J connectivity index is 0.00000272. The van der Waals surface area contributed by atoms with Crippen LogP contribution < -0.4 is 62.1 Å². The van der Waals surface area contributed by atoms with Gasteiger partial charge < -0.3 is 10.3 Å². The van der Waals surface area contributed by atoms with Gasteiger partial charge in [0.2, 0.25) is 0 Å². The van der Waals surface area contributed by atoms with Crippen LogP contribution in [0.5, 0.6) is 0 Å². The van der Waals surface area contributed by atoms with Crippen molar-refractivity contribution in [3.05, 3.63) is 95.6 Å². The Bertz CT molecular complexity index is 1270. The zero-order chi connectivity index (χ0) is 21.3. The molecular weight excluding hydrogens is 441 g/mol. The van der Waals surface area contributed by atoms with E-state index in [-0.39, 0.29) is 62.2 Å². The maximum Gasteiger partial charge on any atom is 1.00 e. The molecule has 0 bridgehead atoms. The van der Waals surface area contributed by atoms with E-state index in [1.165, 1.54) is 17.1 Å². The molecule has 0 aliphatic carbocycles. The molecule has 0 atom stereocenters. The molecular formula is C22H16KN3O4S. The van der Waals surface area contributed by atoms with Crippen molar-refractivity contribution in [2.45, 2.75) is 4.90 Å². The second-order valence-electron chi connectivity index (χ2n) is 6.60. The molecule has 0 fully saturated rings. The monoisotopic (exact) mass is 457 g/mol. The summed E-state index contributed by atoms with van der Waals surface area (Å²) in [6.07, 6.45) is 1.73. The molecule has 1 amide bonds. The zero-order valence-corrected chi connectivity index (χ0v) is 20.5. The topological polar surface area (TPSA) is 116 Å². The third-order valence-electron chi connectivity index (χ3n) is 4.54. The van der Waals surface area contributed by atoms with E-state index >= 15 is 0 Å². The van der Waals surface area contributed by atoms with Gasteiger partial charge in [-0.05, 0) is 48.0 Å². The Hall–Kier alpha value is -2.11. The SMILES string of the molecule is Nc1ccc(C=C2C(=O)N(c3ccc(S(=O)(=O)[O-])cc3)N=C2c2ccccc2)cc1.[K+]. The summed E-state index contributed by atoms with van der Waals surface area (Å²) in [6, 6.07) is 21.4. The quantitative estimate of drug-likeness (QED) is 0.256. The Morgan fingerprint density at radius 3 is 2.10 bits per heavy atom. The van der Waals surface area contributed by atoms with E-state index in [2.05, 4.69) is 5.10 Å². The molecule has 9 heteroatoms. The van der Waals surface area contributed by atoms with Crippen molar-refractivity contribution >= 4 is 39.2 Å². The third kappa shape index (κ3) is 5.21. The third-order valence-corrected chi connectivity index (χ3v) is 5.39. The first-order valence-corrected chi connectivity index (χ1v) is 10.4. The molecule has 2 N–H and O–H groups in total. The minimum absolute atomic E-state index is 0. The van der Waals surface area contributed by atoms with Gasteiger partial charge in [-0.2, -0.15) is 10.1 Å². The number of hydrogen-bond acceptors (Lipinski definition) is 6. The van der Waals surface area contributed by atoms with E-state index in [0.29, 0.717) is 22.7 Å². The van der Waals surface area contributed by atoms with Gasteiger partial charge in [-0.25, -0.2) is 8.42 Å². The molecule has 31 heavy (non-hydrogen) atoms. The van der Waals surface area contributed by atoms with Crippen molar-refractivity contribution in [2.24, 2.45) is 5.10 Å². The Morgan fingerprint density at radius 2 is 1.52 bits per heavy atom. The molecule has 1 aliphatic heterocycles. The number of hydrazone groups is 1. The number of nitrogens with zero attached hydrogens (tertiary/aromatic N) is 2. The van der Waals surface area contributed by atoms with Crippen molar-refractivity contribution in [3.63, 3.8) is 0 Å². The molecule has 0 unspecified atom stereocenters. The summed E-state index contributed by atoms with van der Waals surface area (Å²) in [5, 5.41) is 5.66. The fourth-order valence-electron chi connectivity index (χ4n) is 3.04. The van der Waals surface area contributed by atoms with E-state index in [0.717, 1.165) is 23.3 Å². The van der Waals surface area contributed by atoms with Crippen molar-refractivity contribution < 1.29 is 69.1 Å². The minimum atomic E-state index is -4.58. The molecule has 0 spiro atoms. The molecule has 150 valence electrons. The van der Waals surface area contributed by atoms with Crippen LogP contribution in [0.2, 0.25) is 0 Å². The Kier molecular flexibility index (Phi) is 7.27. The molecule has 3 aromatic carbocycles. The van der Waals surface area contributed by atoms with Crippen LogP contribution in [0.4, 0.5) is 11.4 Å². The van der Waals surface area contributed by atoms with Crippen LogP contribution in [0.1, 0.15) is 11.1 Å². The van der Waals surface area contributed by atoms with Crippen LogP contribution in [0.15, 0.2) is 94.4 Å². The fraction of sp³-hybridized carbons (Fsp3) is 0. The van der Waals surface area contributed by atoms with Crippen LogP contribution in [-0.2, 0) is 14.9 Å². The van der Waals surface area contributed by atoms with Crippen molar-refractivity contribution in [2.75, 3.05) is 10.7 Å². The standard InChI is InChI=1S/C22H17N3O4S.K/c23-17-8-6-15(7-9-17)14-20-21(16-4-2-1-3-5-16)24-25(22(20)26)18-10-12-19(13-11-18)30(27,28)29;/h1-14H,23H2,(H,27,28,29);/q;+1/p-1. The first kappa shape index (κ1) is 23.5. The second-order valence-corrected chi connectivity index (χ2v) is 7.98. The smallest absolute Gasteiger partial charge is 0.744 e. The van der Waals surface area contributed by atoms with Gasteiger partial charge in [-0.15, -0.1) is 0 Å². The largest absolute Gasteiger partial charge is 1.00 e. The van der Waals surface area contributed by atoms with Crippen molar-refractivity contribution in [1.82, 2.24) is 0 Å². The van der Waals surface area contributed by atoms with Gasteiger partial charge in [-0.1, -0.05) is 42.5 Å². The number of carbonyl (C=O) groups is 1. The maximum atomic E-state index is 13.2. The van der Waals surface area contributed by atoms with Gasteiger partial charge in [0.15, 0.2) is 0 Å². The number of amides is 1. The zero-order valence-electron chi connectivity index (χ0n) is 16.6. The van der Waals surface area contributed by atoms with Crippen LogP contribution in [0, 0.1) is 0 Å². The minimum Gasteiger partial charge on any atom is -0.744 e. The molecule has 1 heterocycles. The summed E-state index contributed by atoms with van der Waals surface area (Å²) < 4.78 is 33.5. The molecule has 0 saturated heterocycles. The first-order chi connectivity index (χ1) is 14.3. The van der Waals surface area contributed by atoms with Crippen LogP contribution in [0.25, 0.3) is 6.08 Å². The Morgan fingerprint density at radius 1 is 0.903 bits per heavy atom. The summed E-state index contributed by atoms with van der Waals surface area (Å²) in [7, 11) is -4.58. The van der Waals surface area contributed by atoms with E-state index < -0.39 is 10.1 Å². The predicted octanol–water partition coefficient (Wildman–Crippen LogP) is 0.0114. The number of anilines is 2. The average Bonchev–Trinajstić information content (AvgIpc) is 3.06. The number of hydrogen-bond donors (Lipinski definition) is 1.